The molecule has 0 fully saturated rings. The quantitative estimate of drug-likeness (QED) is 0.935. The second-order valence-electron chi connectivity index (χ2n) is 5.29. The summed E-state index contributed by atoms with van der Waals surface area (Å²) in [6, 6.07) is 5.30. The SMILES string of the molecule is Cc1nccnc1C(C)NC1CCSc2ccc(F)cc21. The molecule has 2 heterocycles. The fourth-order valence-electron chi connectivity index (χ4n) is 2.76. The van der Waals surface area contributed by atoms with Gasteiger partial charge in [-0.3, -0.25) is 9.97 Å². The molecule has 3 rings (SSSR count). The van der Waals surface area contributed by atoms with Gasteiger partial charge < -0.3 is 5.32 Å². The van der Waals surface area contributed by atoms with Crippen molar-refractivity contribution in [3.05, 3.63) is 53.4 Å². The summed E-state index contributed by atoms with van der Waals surface area (Å²) >= 11 is 1.79. The first-order valence-corrected chi connectivity index (χ1v) is 8.09. The van der Waals surface area contributed by atoms with Crippen molar-refractivity contribution in [3.8, 4) is 0 Å². The lowest BCUT2D eigenvalue weighted by Crippen LogP contribution is -2.28. The molecule has 1 aromatic carbocycles. The van der Waals surface area contributed by atoms with Crippen LogP contribution in [-0.4, -0.2) is 15.7 Å². The summed E-state index contributed by atoms with van der Waals surface area (Å²) in [6.07, 6.45) is 4.41. The molecule has 5 heteroatoms. The Kier molecular flexibility index (Phi) is 4.22. The fourth-order valence-corrected chi connectivity index (χ4v) is 3.87. The number of thioether (sulfide) groups is 1. The van der Waals surface area contributed by atoms with Crippen LogP contribution in [0.3, 0.4) is 0 Å². The van der Waals surface area contributed by atoms with E-state index in [2.05, 4.69) is 22.2 Å². The van der Waals surface area contributed by atoms with Crippen molar-refractivity contribution < 1.29 is 4.39 Å². The van der Waals surface area contributed by atoms with Crippen LogP contribution in [0.25, 0.3) is 0 Å². The minimum Gasteiger partial charge on any atom is -0.302 e. The zero-order chi connectivity index (χ0) is 14.8. The average Bonchev–Trinajstić information content (AvgIpc) is 2.48. The van der Waals surface area contributed by atoms with Crippen LogP contribution in [0.1, 0.15) is 42.4 Å². The van der Waals surface area contributed by atoms with Crippen LogP contribution in [0.4, 0.5) is 4.39 Å². The van der Waals surface area contributed by atoms with Crippen molar-refractivity contribution in [1.29, 1.82) is 0 Å². The van der Waals surface area contributed by atoms with Crippen molar-refractivity contribution in [3.63, 3.8) is 0 Å². The maximum Gasteiger partial charge on any atom is 0.123 e. The van der Waals surface area contributed by atoms with E-state index in [1.165, 1.54) is 11.0 Å². The maximum absolute atomic E-state index is 13.5. The summed E-state index contributed by atoms with van der Waals surface area (Å²) in [7, 11) is 0. The van der Waals surface area contributed by atoms with Gasteiger partial charge in [-0.15, -0.1) is 11.8 Å². The Morgan fingerprint density at radius 1 is 1.33 bits per heavy atom. The molecule has 2 unspecified atom stereocenters. The fraction of sp³-hybridized carbons (Fsp3) is 0.375. The van der Waals surface area contributed by atoms with Gasteiger partial charge in [-0.1, -0.05) is 0 Å². The molecule has 1 aromatic heterocycles. The van der Waals surface area contributed by atoms with Crippen LogP contribution >= 0.6 is 11.8 Å². The van der Waals surface area contributed by atoms with Crippen molar-refractivity contribution >= 4 is 11.8 Å². The summed E-state index contributed by atoms with van der Waals surface area (Å²) in [6.45, 7) is 4.04. The van der Waals surface area contributed by atoms with Crippen LogP contribution in [0.5, 0.6) is 0 Å². The van der Waals surface area contributed by atoms with Crippen molar-refractivity contribution in [2.45, 2.75) is 37.2 Å². The molecule has 0 spiro atoms. The molecule has 0 amide bonds. The highest BCUT2D eigenvalue weighted by Crippen LogP contribution is 2.37. The van der Waals surface area contributed by atoms with E-state index in [0.717, 1.165) is 29.1 Å². The molecule has 1 aliphatic rings. The minimum absolute atomic E-state index is 0.0860. The zero-order valence-electron chi connectivity index (χ0n) is 12.1. The van der Waals surface area contributed by atoms with Gasteiger partial charge >= 0.3 is 0 Å². The lowest BCUT2D eigenvalue weighted by Gasteiger charge is -2.29. The van der Waals surface area contributed by atoms with Gasteiger partial charge in [0.15, 0.2) is 0 Å². The third-order valence-electron chi connectivity index (χ3n) is 3.79. The number of benzene rings is 1. The third kappa shape index (κ3) is 3.09. The number of nitrogens with one attached hydrogen (secondary N) is 1. The Morgan fingerprint density at radius 2 is 2.14 bits per heavy atom. The molecule has 3 nitrogen and oxygen atoms in total. The number of aromatic nitrogens is 2. The first-order valence-electron chi connectivity index (χ1n) is 7.11. The molecule has 0 bridgehead atoms. The van der Waals surface area contributed by atoms with E-state index in [0.29, 0.717) is 0 Å². The van der Waals surface area contributed by atoms with Gasteiger partial charge in [-0.2, -0.15) is 0 Å². The van der Waals surface area contributed by atoms with Crippen LogP contribution in [0.2, 0.25) is 0 Å². The van der Waals surface area contributed by atoms with Crippen LogP contribution in [-0.2, 0) is 0 Å². The van der Waals surface area contributed by atoms with Crippen molar-refractivity contribution in [2.24, 2.45) is 0 Å². The number of fused-ring (bicyclic) bond motifs is 1. The van der Waals surface area contributed by atoms with Gasteiger partial charge in [0.1, 0.15) is 5.82 Å². The van der Waals surface area contributed by atoms with E-state index < -0.39 is 0 Å². The van der Waals surface area contributed by atoms with Gasteiger partial charge in [0.25, 0.3) is 0 Å². The Hall–Kier alpha value is -1.46. The van der Waals surface area contributed by atoms with Crippen LogP contribution < -0.4 is 5.32 Å². The summed E-state index contributed by atoms with van der Waals surface area (Å²) in [4.78, 5) is 9.87. The van der Waals surface area contributed by atoms with Crippen LogP contribution in [0.15, 0.2) is 35.5 Å². The monoisotopic (exact) mass is 303 g/mol. The highest BCUT2D eigenvalue weighted by Gasteiger charge is 2.24. The number of hydrogen-bond acceptors (Lipinski definition) is 4. The van der Waals surface area contributed by atoms with E-state index >= 15 is 0 Å². The number of rotatable bonds is 3. The summed E-state index contributed by atoms with van der Waals surface area (Å²) in [5, 5.41) is 3.58. The second-order valence-corrected chi connectivity index (χ2v) is 6.42. The molecule has 0 saturated heterocycles. The topological polar surface area (TPSA) is 37.8 Å². The lowest BCUT2D eigenvalue weighted by molar-refractivity contribution is 0.439. The van der Waals surface area contributed by atoms with Gasteiger partial charge in [-0.25, -0.2) is 4.39 Å². The Balaban J connectivity index is 1.83. The standard InChI is InChI=1S/C16H18FN3S/c1-10-16(19-7-6-18-10)11(2)20-14-5-8-21-15-4-3-12(17)9-13(14)15/h3-4,6-7,9,11,14,20H,5,8H2,1-2H3. The molecule has 1 N–H and O–H groups in total. The molecule has 0 aliphatic carbocycles. The van der Waals surface area contributed by atoms with E-state index in [9.17, 15) is 4.39 Å². The van der Waals surface area contributed by atoms with E-state index in [4.69, 9.17) is 0 Å². The summed E-state index contributed by atoms with van der Waals surface area (Å²) in [5.41, 5.74) is 2.94. The highest BCUT2D eigenvalue weighted by molar-refractivity contribution is 7.99. The molecule has 21 heavy (non-hydrogen) atoms. The average molecular weight is 303 g/mol. The van der Waals surface area contributed by atoms with E-state index in [1.807, 2.05) is 13.0 Å². The zero-order valence-corrected chi connectivity index (χ0v) is 13.0. The molecule has 110 valence electrons. The predicted octanol–water partition coefficient (Wildman–Crippen LogP) is 3.81. The number of nitrogens with zero attached hydrogens (tertiary/aromatic N) is 2. The largest absolute Gasteiger partial charge is 0.302 e. The molecular formula is C16H18FN3S. The molecule has 0 saturated carbocycles. The van der Waals surface area contributed by atoms with Crippen LogP contribution in [0, 0.1) is 12.7 Å². The smallest absolute Gasteiger partial charge is 0.123 e. The van der Waals surface area contributed by atoms with Gasteiger partial charge in [0, 0.05) is 29.4 Å². The molecule has 2 atom stereocenters. The predicted molar refractivity (Wildman–Crippen MR) is 82.8 cm³/mol. The number of halogens is 1. The molecule has 1 aliphatic heterocycles. The number of hydrogen-bond donors (Lipinski definition) is 1. The first kappa shape index (κ1) is 14.5. The van der Waals surface area contributed by atoms with E-state index in [1.54, 1.807) is 30.2 Å². The maximum atomic E-state index is 13.5. The Bertz CT molecular complexity index is 647. The lowest BCUT2D eigenvalue weighted by atomic mass is 10.0. The van der Waals surface area contributed by atoms with E-state index in [-0.39, 0.29) is 17.9 Å². The second kappa shape index (κ2) is 6.12. The van der Waals surface area contributed by atoms with Gasteiger partial charge in [0.05, 0.1) is 11.4 Å². The van der Waals surface area contributed by atoms with Crippen molar-refractivity contribution in [2.75, 3.05) is 5.75 Å². The van der Waals surface area contributed by atoms with Gasteiger partial charge in [-0.05, 0) is 49.8 Å². The molecule has 2 aromatic rings. The first-order chi connectivity index (χ1) is 10.1. The highest BCUT2D eigenvalue weighted by atomic mass is 32.2. The van der Waals surface area contributed by atoms with Crippen molar-refractivity contribution in [1.82, 2.24) is 15.3 Å². The number of aryl methyl sites for hydroxylation is 1. The molecule has 0 radical (unpaired) electrons. The summed E-state index contributed by atoms with van der Waals surface area (Å²) in [5.74, 6) is 0.869. The Labute approximate surface area is 128 Å². The molecular weight excluding hydrogens is 285 g/mol. The normalized spacial score (nSPS) is 19.1. The summed E-state index contributed by atoms with van der Waals surface area (Å²) < 4.78 is 13.5. The third-order valence-corrected chi connectivity index (χ3v) is 4.91. The Morgan fingerprint density at radius 3 is 2.95 bits per heavy atom. The minimum atomic E-state index is -0.175. The van der Waals surface area contributed by atoms with Gasteiger partial charge in [0.2, 0.25) is 0 Å².